The minimum Gasteiger partial charge on any atom is -0.465 e. The summed E-state index contributed by atoms with van der Waals surface area (Å²) in [4.78, 5) is 13.2. The summed E-state index contributed by atoms with van der Waals surface area (Å²) in [6.45, 7) is 4.25. The molecule has 1 amide bonds. The zero-order valence-corrected chi connectivity index (χ0v) is 16.6. The number of amides is 1. The van der Waals surface area contributed by atoms with Crippen molar-refractivity contribution in [3.63, 3.8) is 0 Å². The van der Waals surface area contributed by atoms with E-state index in [1.54, 1.807) is 7.11 Å². The maximum absolute atomic E-state index is 13.2. The highest BCUT2D eigenvalue weighted by molar-refractivity contribution is 5.98. The average Bonchev–Trinajstić information content (AvgIpc) is 2.65. The molecule has 0 radical (unpaired) electrons. The Morgan fingerprint density at radius 1 is 1.04 bits per heavy atom. The molecule has 1 aromatic carbocycles. The minimum atomic E-state index is -0.540. The maximum Gasteiger partial charge on any atom is 0.268 e. The van der Waals surface area contributed by atoms with Crippen molar-refractivity contribution in [3.05, 3.63) is 24.3 Å². The number of nitrogens with zero attached hydrogens (tertiary/aromatic N) is 2. The third kappa shape index (κ3) is 2.50. The van der Waals surface area contributed by atoms with Gasteiger partial charge in [-0.2, -0.15) is 0 Å². The molecule has 5 aliphatic rings. The first-order valence-corrected chi connectivity index (χ1v) is 10.3. The Balaban J connectivity index is 1.49. The zero-order chi connectivity index (χ0) is 18.8. The van der Waals surface area contributed by atoms with Gasteiger partial charge in [0.05, 0.1) is 6.04 Å². The first-order chi connectivity index (χ1) is 13.0. The van der Waals surface area contributed by atoms with Crippen LogP contribution in [0, 0.1) is 23.7 Å². The molecule has 4 bridgehead atoms. The normalized spacial score (nSPS) is 36.1. The van der Waals surface area contributed by atoms with Gasteiger partial charge < -0.3 is 9.47 Å². The van der Waals surface area contributed by atoms with Crippen LogP contribution in [-0.4, -0.2) is 36.4 Å². The molecule has 4 saturated carbocycles. The summed E-state index contributed by atoms with van der Waals surface area (Å²) in [5.41, 5.74) is 0.425. The van der Waals surface area contributed by atoms with E-state index >= 15 is 0 Å². The molecule has 1 aromatic rings. The fourth-order valence-corrected chi connectivity index (χ4v) is 6.54. The Kier molecular flexibility index (Phi) is 3.94. The number of methoxy groups -OCH3 is 1. The Labute approximate surface area is 161 Å². The van der Waals surface area contributed by atoms with Crippen molar-refractivity contribution in [2.24, 2.45) is 23.7 Å². The molecule has 27 heavy (non-hydrogen) atoms. The smallest absolute Gasteiger partial charge is 0.268 e. The third-order valence-corrected chi connectivity index (χ3v) is 7.36. The largest absolute Gasteiger partial charge is 0.465 e. The van der Waals surface area contributed by atoms with E-state index in [4.69, 9.17) is 9.47 Å². The molecule has 1 aliphatic heterocycles. The van der Waals surface area contributed by atoms with Crippen LogP contribution < -0.4 is 9.75 Å². The molecule has 146 valence electrons. The van der Waals surface area contributed by atoms with Crippen LogP contribution in [0.2, 0.25) is 0 Å². The molecule has 0 unspecified atom stereocenters. The molecule has 5 heteroatoms. The third-order valence-electron chi connectivity index (χ3n) is 7.36. The Morgan fingerprint density at radius 3 is 2.30 bits per heavy atom. The predicted octanol–water partition coefficient (Wildman–Crippen LogP) is 3.84. The number of hydrogen-bond donors (Lipinski definition) is 0. The SMILES string of the molecule is COCOc1ccccc1N1N(C2C3CC4CC(C3)CC2C4)C(=O)C1(C)C. The van der Waals surface area contributed by atoms with Gasteiger partial charge in [-0.15, -0.1) is 0 Å². The fourth-order valence-electron chi connectivity index (χ4n) is 6.54. The average molecular weight is 370 g/mol. The number of carbonyl (C=O) groups excluding carboxylic acids is 1. The van der Waals surface area contributed by atoms with Gasteiger partial charge in [-0.1, -0.05) is 12.1 Å². The lowest BCUT2D eigenvalue weighted by molar-refractivity contribution is -0.170. The van der Waals surface area contributed by atoms with E-state index in [-0.39, 0.29) is 12.7 Å². The van der Waals surface area contributed by atoms with Crippen LogP contribution in [0.3, 0.4) is 0 Å². The van der Waals surface area contributed by atoms with E-state index in [0.717, 1.165) is 23.3 Å². The predicted molar refractivity (Wildman–Crippen MR) is 103 cm³/mol. The number of anilines is 1. The van der Waals surface area contributed by atoms with Gasteiger partial charge in [0.25, 0.3) is 5.91 Å². The van der Waals surface area contributed by atoms with E-state index in [1.807, 2.05) is 32.0 Å². The molecule has 0 aromatic heterocycles. The van der Waals surface area contributed by atoms with Crippen molar-refractivity contribution >= 4 is 11.6 Å². The summed E-state index contributed by atoms with van der Waals surface area (Å²) in [5.74, 6) is 4.15. The van der Waals surface area contributed by atoms with E-state index in [1.165, 1.54) is 32.1 Å². The minimum absolute atomic E-state index is 0.206. The van der Waals surface area contributed by atoms with Crippen LogP contribution in [0.5, 0.6) is 5.75 Å². The molecule has 6 rings (SSSR count). The summed E-state index contributed by atoms with van der Waals surface area (Å²) < 4.78 is 10.9. The molecule has 1 heterocycles. The lowest BCUT2D eigenvalue weighted by atomic mass is 9.53. The summed E-state index contributed by atoms with van der Waals surface area (Å²) >= 11 is 0. The molecule has 0 spiro atoms. The summed E-state index contributed by atoms with van der Waals surface area (Å²) in [5, 5.41) is 4.30. The molecule has 0 atom stereocenters. The van der Waals surface area contributed by atoms with Gasteiger partial charge in [0.2, 0.25) is 0 Å². The standard InChI is InChI=1S/C22H30N2O3/c1-22(2)21(25)23(20-16-9-14-8-15(11-16)12-17(20)10-14)24(22)18-6-4-5-7-19(18)27-13-26-3/h4-7,14-17,20H,8-13H2,1-3H3. The number of benzene rings is 1. The van der Waals surface area contributed by atoms with Crippen molar-refractivity contribution < 1.29 is 14.3 Å². The van der Waals surface area contributed by atoms with E-state index in [0.29, 0.717) is 17.9 Å². The molecular formula is C22H30N2O3. The van der Waals surface area contributed by atoms with Crippen molar-refractivity contribution in [1.82, 2.24) is 5.01 Å². The topological polar surface area (TPSA) is 42.0 Å². The van der Waals surface area contributed by atoms with Crippen LogP contribution in [0.1, 0.15) is 46.0 Å². The maximum atomic E-state index is 13.2. The Hall–Kier alpha value is -1.75. The van der Waals surface area contributed by atoms with Crippen molar-refractivity contribution in [3.8, 4) is 5.75 Å². The first kappa shape index (κ1) is 17.4. The van der Waals surface area contributed by atoms with Crippen LogP contribution in [0.4, 0.5) is 5.69 Å². The van der Waals surface area contributed by atoms with Gasteiger partial charge in [-0.05, 0) is 81.8 Å². The lowest BCUT2D eigenvalue weighted by Crippen LogP contribution is -2.80. The van der Waals surface area contributed by atoms with Gasteiger partial charge in [0.15, 0.2) is 6.79 Å². The lowest BCUT2D eigenvalue weighted by Gasteiger charge is -2.65. The van der Waals surface area contributed by atoms with Gasteiger partial charge in [-0.3, -0.25) is 9.80 Å². The highest BCUT2D eigenvalue weighted by atomic mass is 16.7. The second-order valence-corrected chi connectivity index (χ2v) is 9.46. The quantitative estimate of drug-likeness (QED) is 0.739. The van der Waals surface area contributed by atoms with Gasteiger partial charge in [0.1, 0.15) is 17.0 Å². The van der Waals surface area contributed by atoms with E-state index in [9.17, 15) is 4.79 Å². The number of para-hydroxylation sites is 2. The highest BCUT2D eigenvalue weighted by Crippen LogP contribution is 2.57. The zero-order valence-electron chi connectivity index (χ0n) is 16.6. The number of carbonyl (C=O) groups is 1. The van der Waals surface area contributed by atoms with Crippen molar-refractivity contribution in [2.75, 3.05) is 18.9 Å². The van der Waals surface area contributed by atoms with Crippen LogP contribution in [0.25, 0.3) is 0 Å². The molecule has 5 fully saturated rings. The van der Waals surface area contributed by atoms with Gasteiger partial charge in [-0.25, -0.2) is 5.01 Å². The van der Waals surface area contributed by atoms with Crippen molar-refractivity contribution in [1.29, 1.82) is 0 Å². The Morgan fingerprint density at radius 2 is 1.67 bits per heavy atom. The number of rotatable bonds is 5. The molecule has 5 nitrogen and oxygen atoms in total. The highest BCUT2D eigenvalue weighted by Gasteiger charge is 2.61. The fraction of sp³-hybridized carbons (Fsp3) is 0.682. The summed E-state index contributed by atoms with van der Waals surface area (Å²) in [6, 6.07) is 8.36. The van der Waals surface area contributed by atoms with Crippen LogP contribution in [-0.2, 0) is 9.53 Å². The molecule has 0 N–H and O–H groups in total. The second-order valence-electron chi connectivity index (χ2n) is 9.46. The van der Waals surface area contributed by atoms with Gasteiger partial charge in [0, 0.05) is 7.11 Å². The number of hydrogen-bond acceptors (Lipinski definition) is 4. The van der Waals surface area contributed by atoms with Crippen molar-refractivity contribution in [2.45, 2.75) is 57.5 Å². The molecule has 1 saturated heterocycles. The second kappa shape index (κ2) is 6.13. The van der Waals surface area contributed by atoms with Crippen LogP contribution in [0.15, 0.2) is 24.3 Å². The number of hydrazine groups is 1. The summed E-state index contributed by atoms with van der Waals surface area (Å²) in [7, 11) is 1.63. The molecule has 4 aliphatic carbocycles. The van der Waals surface area contributed by atoms with E-state index < -0.39 is 5.54 Å². The van der Waals surface area contributed by atoms with Crippen LogP contribution >= 0.6 is 0 Å². The van der Waals surface area contributed by atoms with Gasteiger partial charge >= 0.3 is 0 Å². The number of ether oxygens (including phenoxy) is 2. The first-order valence-electron chi connectivity index (χ1n) is 10.3. The van der Waals surface area contributed by atoms with E-state index in [2.05, 4.69) is 16.1 Å². The summed E-state index contributed by atoms with van der Waals surface area (Å²) in [6.07, 6.45) is 6.64. The monoisotopic (exact) mass is 370 g/mol. The molecular weight excluding hydrogens is 340 g/mol. The Bertz CT molecular complexity index is 719.